The lowest BCUT2D eigenvalue weighted by Gasteiger charge is -2.03. The van der Waals surface area contributed by atoms with Crippen LogP contribution >= 0.6 is 0 Å². The fourth-order valence-corrected chi connectivity index (χ4v) is 2.80. The first-order valence-electron chi connectivity index (χ1n) is 9.49. The monoisotopic (exact) mass is 348 g/mol. The van der Waals surface area contributed by atoms with Crippen LogP contribution in [0, 0.1) is 0 Å². The molecule has 0 aromatic rings. The van der Waals surface area contributed by atoms with E-state index in [2.05, 4.69) is 46.8 Å². The second-order valence-electron chi connectivity index (χ2n) is 7.78. The van der Waals surface area contributed by atoms with Gasteiger partial charge < -0.3 is 9.47 Å². The number of allylic oxidation sites excluding steroid dienone is 5. The van der Waals surface area contributed by atoms with E-state index in [9.17, 15) is 4.79 Å². The average Bonchev–Trinajstić information content (AvgIpc) is 3.12. The van der Waals surface area contributed by atoms with Crippen molar-refractivity contribution in [3.05, 3.63) is 34.9 Å². The van der Waals surface area contributed by atoms with Gasteiger partial charge in [0, 0.05) is 6.92 Å². The number of hydrogen-bond donors (Lipinski definition) is 0. The minimum absolute atomic E-state index is 0.115. The van der Waals surface area contributed by atoms with Crippen molar-refractivity contribution in [2.24, 2.45) is 0 Å². The van der Waals surface area contributed by atoms with Crippen molar-refractivity contribution in [1.29, 1.82) is 0 Å². The Morgan fingerprint density at radius 2 is 1.40 bits per heavy atom. The van der Waals surface area contributed by atoms with Gasteiger partial charge in [-0.2, -0.15) is 0 Å². The molecule has 0 spiro atoms. The molecule has 0 radical (unpaired) electrons. The second kappa shape index (κ2) is 10.6. The molecular weight excluding hydrogens is 312 g/mol. The maximum Gasteiger partial charge on any atom is 0.302 e. The zero-order valence-electron chi connectivity index (χ0n) is 17.0. The summed E-state index contributed by atoms with van der Waals surface area (Å²) in [6, 6.07) is 0. The minimum Gasteiger partial charge on any atom is -0.462 e. The van der Waals surface area contributed by atoms with E-state index in [1.807, 2.05) is 6.08 Å². The molecule has 1 atom stereocenters. The van der Waals surface area contributed by atoms with Crippen LogP contribution in [0.2, 0.25) is 0 Å². The van der Waals surface area contributed by atoms with Gasteiger partial charge in [-0.05, 0) is 79.2 Å². The predicted octanol–water partition coefficient (Wildman–Crippen LogP) is 5.91. The second-order valence-corrected chi connectivity index (χ2v) is 7.78. The fourth-order valence-electron chi connectivity index (χ4n) is 2.80. The highest BCUT2D eigenvalue weighted by atomic mass is 16.6. The minimum atomic E-state index is -0.225. The van der Waals surface area contributed by atoms with Crippen LogP contribution in [0.4, 0.5) is 0 Å². The van der Waals surface area contributed by atoms with Gasteiger partial charge in [-0.1, -0.05) is 28.9 Å². The van der Waals surface area contributed by atoms with Crippen molar-refractivity contribution in [1.82, 2.24) is 0 Å². The zero-order valence-corrected chi connectivity index (χ0v) is 17.0. The lowest BCUT2D eigenvalue weighted by Crippen LogP contribution is -2.02. The van der Waals surface area contributed by atoms with Crippen LogP contribution in [0.3, 0.4) is 0 Å². The van der Waals surface area contributed by atoms with Crippen LogP contribution in [0.1, 0.15) is 80.1 Å². The summed E-state index contributed by atoms with van der Waals surface area (Å²) in [5.74, 6) is -0.225. The van der Waals surface area contributed by atoms with Crippen LogP contribution in [0.5, 0.6) is 0 Å². The van der Waals surface area contributed by atoms with Gasteiger partial charge in [0.15, 0.2) is 0 Å². The van der Waals surface area contributed by atoms with Crippen LogP contribution in [0.25, 0.3) is 0 Å². The predicted molar refractivity (Wildman–Crippen MR) is 105 cm³/mol. The van der Waals surface area contributed by atoms with Crippen molar-refractivity contribution >= 4 is 5.97 Å². The van der Waals surface area contributed by atoms with E-state index in [0.29, 0.717) is 12.7 Å². The zero-order chi connectivity index (χ0) is 18.9. The number of rotatable bonds is 11. The van der Waals surface area contributed by atoms with Crippen molar-refractivity contribution < 1.29 is 14.3 Å². The van der Waals surface area contributed by atoms with E-state index in [1.54, 1.807) is 0 Å². The lowest BCUT2D eigenvalue weighted by molar-refractivity contribution is -0.139. The summed E-state index contributed by atoms with van der Waals surface area (Å²) in [6.07, 6.45) is 13.7. The Hall–Kier alpha value is -1.35. The van der Waals surface area contributed by atoms with E-state index in [1.165, 1.54) is 23.6 Å². The molecule has 0 bridgehead atoms. The van der Waals surface area contributed by atoms with E-state index in [4.69, 9.17) is 9.47 Å². The van der Waals surface area contributed by atoms with E-state index < -0.39 is 0 Å². The Morgan fingerprint density at radius 1 is 0.920 bits per heavy atom. The summed E-state index contributed by atoms with van der Waals surface area (Å²) in [5.41, 5.74) is 4.31. The number of carbonyl (C=O) groups is 1. The van der Waals surface area contributed by atoms with Gasteiger partial charge in [0.05, 0.1) is 11.7 Å². The molecule has 0 aromatic heterocycles. The van der Waals surface area contributed by atoms with Gasteiger partial charge in [0.2, 0.25) is 0 Å². The molecule has 1 heterocycles. The summed E-state index contributed by atoms with van der Waals surface area (Å²) in [7, 11) is 0. The maximum atomic E-state index is 10.7. The molecule has 1 saturated heterocycles. The number of esters is 1. The molecule has 0 saturated carbocycles. The summed E-state index contributed by atoms with van der Waals surface area (Å²) < 4.78 is 10.6. The molecule has 3 heteroatoms. The van der Waals surface area contributed by atoms with Crippen LogP contribution in [0.15, 0.2) is 34.9 Å². The first-order valence-corrected chi connectivity index (χ1v) is 9.49. The van der Waals surface area contributed by atoms with Crippen molar-refractivity contribution in [3.63, 3.8) is 0 Å². The highest BCUT2D eigenvalue weighted by Crippen LogP contribution is 2.38. The Kier molecular flexibility index (Phi) is 9.20. The summed E-state index contributed by atoms with van der Waals surface area (Å²) >= 11 is 0. The Balaban J connectivity index is 2.15. The molecule has 1 aliphatic rings. The van der Waals surface area contributed by atoms with Gasteiger partial charge in [0.1, 0.15) is 6.61 Å². The van der Waals surface area contributed by atoms with Gasteiger partial charge >= 0.3 is 5.97 Å². The van der Waals surface area contributed by atoms with Crippen LogP contribution in [-0.2, 0) is 14.3 Å². The van der Waals surface area contributed by atoms with Crippen molar-refractivity contribution in [2.45, 2.75) is 91.8 Å². The third-order valence-corrected chi connectivity index (χ3v) is 4.75. The largest absolute Gasteiger partial charge is 0.462 e. The molecule has 1 fully saturated rings. The third-order valence-electron chi connectivity index (χ3n) is 4.75. The Bertz CT molecular complexity index is 523. The molecule has 0 aliphatic carbocycles. The Labute approximate surface area is 154 Å². The molecule has 1 unspecified atom stereocenters. The molecule has 0 amide bonds. The maximum absolute atomic E-state index is 10.7. The van der Waals surface area contributed by atoms with Crippen molar-refractivity contribution in [2.75, 3.05) is 6.61 Å². The van der Waals surface area contributed by atoms with E-state index >= 15 is 0 Å². The standard InChI is InChI=1S/C22H36O3/c1-17(10-8-12-19(3)15-16-24-20(4)23)9-7-11-18(2)13-14-21-22(5,6)25-21/h10-11,15,21H,7-9,12-14,16H2,1-6H3. The number of hydrogen-bond acceptors (Lipinski definition) is 3. The first kappa shape index (κ1) is 21.7. The first-order chi connectivity index (χ1) is 11.7. The van der Waals surface area contributed by atoms with E-state index in [-0.39, 0.29) is 11.6 Å². The number of carbonyl (C=O) groups excluding carboxylic acids is 1. The quantitative estimate of drug-likeness (QED) is 0.265. The molecule has 142 valence electrons. The molecular formula is C22H36O3. The SMILES string of the molecule is CC(=O)OCC=C(C)CCC=C(C)CCC=C(C)CCC1OC1(C)C. The highest BCUT2D eigenvalue weighted by Gasteiger charge is 2.46. The van der Waals surface area contributed by atoms with E-state index in [0.717, 1.165) is 38.5 Å². The molecule has 1 rings (SSSR count). The summed E-state index contributed by atoms with van der Waals surface area (Å²) in [6.45, 7) is 12.7. The fraction of sp³-hybridized carbons (Fsp3) is 0.682. The molecule has 1 aliphatic heterocycles. The summed E-state index contributed by atoms with van der Waals surface area (Å²) in [4.78, 5) is 10.7. The molecule has 3 nitrogen and oxygen atoms in total. The average molecular weight is 349 g/mol. The third kappa shape index (κ3) is 10.3. The number of epoxide rings is 1. The van der Waals surface area contributed by atoms with Crippen LogP contribution in [-0.4, -0.2) is 24.3 Å². The smallest absolute Gasteiger partial charge is 0.302 e. The topological polar surface area (TPSA) is 38.8 Å². The summed E-state index contributed by atoms with van der Waals surface area (Å²) in [5, 5.41) is 0. The van der Waals surface area contributed by atoms with Gasteiger partial charge in [-0.15, -0.1) is 0 Å². The molecule has 0 aromatic carbocycles. The van der Waals surface area contributed by atoms with Gasteiger partial charge in [-0.3, -0.25) is 4.79 Å². The van der Waals surface area contributed by atoms with Crippen molar-refractivity contribution in [3.8, 4) is 0 Å². The number of ether oxygens (including phenoxy) is 2. The molecule has 0 N–H and O–H groups in total. The van der Waals surface area contributed by atoms with Gasteiger partial charge in [-0.25, -0.2) is 0 Å². The Morgan fingerprint density at radius 3 is 1.88 bits per heavy atom. The highest BCUT2D eigenvalue weighted by molar-refractivity contribution is 5.66. The normalized spacial score (nSPS) is 20.6. The lowest BCUT2D eigenvalue weighted by atomic mass is 10.0. The van der Waals surface area contributed by atoms with Gasteiger partial charge in [0.25, 0.3) is 0 Å². The van der Waals surface area contributed by atoms with Crippen LogP contribution < -0.4 is 0 Å². The molecule has 25 heavy (non-hydrogen) atoms.